The molecule has 4 heteroatoms. The van der Waals surface area contributed by atoms with Crippen LogP contribution in [0.25, 0.3) is 0 Å². The van der Waals surface area contributed by atoms with Gasteiger partial charge in [0.15, 0.2) is 0 Å². The van der Waals surface area contributed by atoms with Crippen LogP contribution in [0.4, 0.5) is 0 Å². The molecule has 2 aromatic rings. The smallest absolute Gasteiger partial charge is 0.250 e. The van der Waals surface area contributed by atoms with Gasteiger partial charge in [-0.25, -0.2) is 4.98 Å². The Morgan fingerprint density at radius 3 is 2.53 bits per heavy atom. The summed E-state index contributed by atoms with van der Waals surface area (Å²) < 4.78 is 5.48. The second kappa shape index (κ2) is 4.97. The van der Waals surface area contributed by atoms with Gasteiger partial charge in [0, 0.05) is 25.5 Å². The van der Waals surface area contributed by atoms with Gasteiger partial charge in [-0.3, -0.25) is 4.79 Å². The average molecular weight is 256 g/mol. The van der Waals surface area contributed by atoms with Gasteiger partial charge in [0.05, 0.1) is 5.41 Å². The normalized spacial score (nSPS) is 18.1. The predicted molar refractivity (Wildman–Crippen MR) is 72.1 cm³/mol. The summed E-state index contributed by atoms with van der Waals surface area (Å²) >= 11 is 0. The Morgan fingerprint density at radius 2 is 1.84 bits per heavy atom. The van der Waals surface area contributed by atoms with Crippen LogP contribution in [0, 0.1) is 0 Å². The number of H-pyrrole nitrogens is 1. The number of benzene rings is 1. The molecular weight excluding hydrogens is 240 g/mol. The summed E-state index contributed by atoms with van der Waals surface area (Å²) in [5.74, 6) is 0.745. The lowest BCUT2D eigenvalue weighted by molar-refractivity contribution is 0.0604. The molecule has 1 saturated heterocycles. The lowest BCUT2D eigenvalue weighted by Crippen LogP contribution is -2.37. The van der Waals surface area contributed by atoms with Crippen molar-refractivity contribution in [3.8, 4) is 0 Å². The number of nitrogens with zero attached hydrogens (tertiary/aromatic N) is 1. The Bertz CT molecular complexity index is 601. The molecule has 1 fully saturated rings. The quantitative estimate of drug-likeness (QED) is 0.892. The fourth-order valence-corrected chi connectivity index (χ4v) is 2.75. The number of aromatic nitrogens is 2. The first-order valence-electron chi connectivity index (χ1n) is 6.50. The summed E-state index contributed by atoms with van der Waals surface area (Å²) in [5.41, 5.74) is 0.847. The maximum atomic E-state index is 11.6. The first kappa shape index (κ1) is 12.1. The van der Waals surface area contributed by atoms with E-state index < -0.39 is 0 Å². The number of hydrogen-bond donors (Lipinski definition) is 1. The van der Waals surface area contributed by atoms with Gasteiger partial charge in [-0.15, -0.1) is 0 Å². The minimum atomic E-state index is -0.236. The molecule has 1 aromatic heterocycles. The Kier molecular flexibility index (Phi) is 3.17. The number of rotatable bonds is 2. The molecule has 0 spiro atoms. The van der Waals surface area contributed by atoms with Crippen LogP contribution in [0.1, 0.15) is 24.2 Å². The van der Waals surface area contributed by atoms with Gasteiger partial charge >= 0.3 is 0 Å². The van der Waals surface area contributed by atoms with Crippen molar-refractivity contribution in [2.45, 2.75) is 18.3 Å². The summed E-state index contributed by atoms with van der Waals surface area (Å²) in [5, 5.41) is 0. The highest BCUT2D eigenvalue weighted by Crippen LogP contribution is 2.38. The molecule has 0 radical (unpaired) electrons. The lowest BCUT2D eigenvalue weighted by atomic mass is 9.73. The average Bonchev–Trinajstić information content (AvgIpc) is 2.49. The van der Waals surface area contributed by atoms with Crippen molar-refractivity contribution < 1.29 is 4.74 Å². The molecule has 1 aliphatic rings. The molecule has 0 amide bonds. The third kappa shape index (κ3) is 2.19. The van der Waals surface area contributed by atoms with Crippen molar-refractivity contribution in [2.75, 3.05) is 13.2 Å². The first-order valence-corrected chi connectivity index (χ1v) is 6.50. The summed E-state index contributed by atoms with van der Waals surface area (Å²) in [6.07, 6.45) is 3.25. The van der Waals surface area contributed by atoms with E-state index in [1.165, 1.54) is 11.6 Å². The molecule has 98 valence electrons. The van der Waals surface area contributed by atoms with E-state index in [0.717, 1.165) is 18.7 Å². The van der Waals surface area contributed by atoms with Gasteiger partial charge in [-0.2, -0.15) is 0 Å². The second-order valence-electron chi connectivity index (χ2n) is 4.84. The monoisotopic (exact) mass is 256 g/mol. The molecule has 1 N–H and O–H groups in total. The van der Waals surface area contributed by atoms with Crippen LogP contribution in [0.2, 0.25) is 0 Å². The van der Waals surface area contributed by atoms with Gasteiger partial charge in [0.25, 0.3) is 5.56 Å². The molecule has 2 heterocycles. The Labute approximate surface area is 111 Å². The van der Waals surface area contributed by atoms with Crippen LogP contribution in [0.5, 0.6) is 0 Å². The van der Waals surface area contributed by atoms with E-state index in [2.05, 4.69) is 22.1 Å². The summed E-state index contributed by atoms with van der Waals surface area (Å²) in [4.78, 5) is 18.9. The maximum Gasteiger partial charge on any atom is 0.250 e. The fourth-order valence-electron chi connectivity index (χ4n) is 2.75. The standard InChI is InChI=1S/C15H16N2O2/c18-13-6-9-16-14(17-13)15(7-10-19-11-8-15)12-4-2-1-3-5-12/h1-6,9H,7-8,10-11H2,(H,16,17,18). The highest BCUT2D eigenvalue weighted by molar-refractivity contribution is 5.33. The molecule has 0 bridgehead atoms. The van der Waals surface area contributed by atoms with E-state index >= 15 is 0 Å². The van der Waals surface area contributed by atoms with Crippen LogP contribution in [-0.2, 0) is 10.2 Å². The Balaban J connectivity index is 2.14. The molecular formula is C15H16N2O2. The molecule has 0 unspecified atom stereocenters. The molecule has 0 saturated carbocycles. The summed E-state index contributed by atoms with van der Waals surface area (Å²) in [6, 6.07) is 11.7. The van der Waals surface area contributed by atoms with Gasteiger partial charge in [0.1, 0.15) is 5.82 Å². The lowest BCUT2D eigenvalue weighted by Gasteiger charge is -2.36. The zero-order chi connectivity index (χ0) is 13.1. The SMILES string of the molecule is O=c1ccnc(C2(c3ccccc3)CCOCC2)[nH]1. The van der Waals surface area contributed by atoms with E-state index in [4.69, 9.17) is 4.74 Å². The minimum Gasteiger partial charge on any atom is -0.381 e. The van der Waals surface area contributed by atoms with E-state index in [0.29, 0.717) is 13.2 Å². The molecule has 1 aliphatic heterocycles. The molecule has 3 rings (SSSR count). The number of aromatic amines is 1. The number of nitrogens with one attached hydrogen (secondary N) is 1. The zero-order valence-electron chi connectivity index (χ0n) is 10.6. The third-order valence-corrected chi connectivity index (χ3v) is 3.80. The van der Waals surface area contributed by atoms with Crippen LogP contribution >= 0.6 is 0 Å². The van der Waals surface area contributed by atoms with Crippen LogP contribution in [0.15, 0.2) is 47.4 Å². The van der Waals surface area contributed by atoms with E-state index in [-0.39, 0.29) is 11.0 Å². The van der Waals surface area contributed by atoms with Gasteiger partial charge in [-0.1, -0.05) is 30.3 Å². The number of ether oxygens (including phenoxy) is 1. The highest BCUT2D eigenvalue weighted by atomic mass is 16.5. The number of hydrogen-bond acceptors (Lipinski definition) is 3. The van der Waals surface area contributed by atoms with E-state index in [9.17, 15) is 4.79 Å². The van der Waals surface area contributed by atoms with Gasteiger partial charge < -0.3 is 9.72 Å². The van der Waals surface area contributed by atoms with Crippen LogP contribution in [-0.4, -0.2) is 23.2 Å². The van der Waals surface area contributed by atoms with E-state index in [1.54, 1.807) is 6.20 Å². The van der Waals surface area contributed by atoms with Crippen molar-refractivity contribution in [1.29, 1.82) is 0 Å². The third-order valence-electron chi connectivity index (χ3n) is 3.80. The van der Waals surface area contributed by atoms with Crippen molar-refractivity contribution in [1.82, 2.24) is 9.97 Å². The zero-order valence-corrected chi connectivity index (χ0v) is 10.6. The molecule has 0 aliphatic carbocycles. The highest BCUT2D eigenvalue weighted by Gasteiger charge is 2.38. The van der Waals surface area contributed by atoms with Crippen molar-refractivity contribution in [3.63, 3.8) is 0 Å². The van der Waals surface area contributed by atoms with Crippen LogP contribution < -0.4 is 5.56 Å². The Morgan fingerprint density at radius 1 is 1.11 bits per heavy atom. The van der Waals surface area contributed by atoms with Crippen molar-refractivity contribution in [2.24, 2.45) is 0 Å². The molecule has 19 heavy (non-hydrogen) atoms. The molecule has 1 aromatic carbocycles. The maximum absolute atomic E-state index is 11.6. The van der Waals surface area contributed by atoms with Crippen molar-refractivity contribution >= 4 is 0 Å². The van der Waals surface area contributed by atoms with Gasteiger partial charge in [0.2, 0.25) is 0 Å². The second-order valence-corrected chi connectivity index (χ2v) is 4.84. The summed E-state index contributed by atoms with van der Waals surface area (Å²) in [6.45, 7) is 1.38. The Hall–Kier alpha value is -1.94. The molecule has 4 nitrogen and oxygen atoms in total. The topological polar surface area (TPSA) is 55.0 Å². The predicted octanol–water partition coefficient (Wildman–Crippen LogP) is 1.87. The molecule has 0 atom stereocenters. The largest absolute Gasteiger partial charge is 0.381 e. The fraction of sp³-hybridized carbons (Fsp3) is 0.333. The van der Waals surface area contributed by atoms with Gasteiger partial charge in [-0.05, 0) is 18.4 Å². The first-order chi connectivity index (χ1) is 9.31. The van der Waals surface area contributed by atoms with Crippen LogP contribution in [0.3, 0.4) is 0 Å². The van der Waals surface area contributed by atoms with E-state index in [1.807, 2.05) is 18.2 Å². The minimum absolute atomic E-state index is 0.105. The van der Waals surface area contributed by atoms with Crippen molar-refractivity contribution in [3.05, 3.63) is 64.3 Å². The summed E-state index contributed by atoms with van der Waals surface area (Å²) in [7, 11) is 0.